The lowest BCUT2D eigenvalue weighted by Crippen LogP contribution is -2.35. The summed E-state index contributed by atoms with van der Waals surface area (Å²) in [6.07, 6.45) is 3.84. The first kappa shape index (κ1) is 21.4. The molecule has 2 aromatic rings. The summed E-state index contributed by atoms with van der Waals surface area (Å²) < 4.78 is 55.9. The lowest BCUT2D eigenvalue weighted by Gasteiger charge is -2.15. The number of benzene rings is 1. The van der Waals surface area contributed by atoms with Crippen molar-refractivity contribution in [2.75, 3.05) is 11.9 Å². The largest absolute Gasteiger partial charge is 0.395 e. The van der Waals surface area contributed by atoms with Gasteiger partial charge in [-0.3, -0.25) is 4.79 Å². The number of nitrogens with zero attached hydrogens (tertiary/aromatic N) is 1. The van der Waals surface area contributed by atoms with E-state index in [-0.39, 0.29) is 27.0 Å². The van der Waals surface area contributed by atoms with Gasteiger partial charge >= 0.3 is 0 Å². The molecule has 2 heterocycles. The summed E-state index contributed by atoms with van der Waals surface area (Å²) in [5.74, 6) is -2.97. The summed E-state index contributed by atoms with van der Waals surface area (Å²) in [4.78, 5) is 12.5. The monoisotopic (exact) mass is 445 g/mol. The molecule has 0 aliphatic carbocycles. The Bertz CT molecular complexity index is 1100. The van der Waals surface area contributed by atoms with Crippen molar-refractivity contribution in [1.82, 2.24) is 9.29 Å². The van der Waals surface area contributed by atoms with Crippen LogP contribution in [0, 0.1) is 11.6 Å². The second kappa shape index (κ2) is 8.23. The van der Waals surface area contributed by atoms with Gasteiger partial charge in [0.05, 0.1) is 17.3 Å². The summed E-state index contributed by atoms with van der Waals surface area (Å²) >= 11 is 6.32. The smallest absolute Gasteiger partial charge is 0.273 e. The highest BCUT2D eigenvalue weighted by Crippen LogP contribution is 2.35. The topological polar surface area (TPSA) is 100 Å². The average molecular weight is 446 g/mol. The normalized spacial score (nSPS) is 14.5. The van der Waals surface area contributed by atoms with Gasteiger partial charge in [-0.1, -0.05) is 17.7 Å². The first-order valence-electron chi connectivity index (χ1n) is 8.63. The first-order valence-corrected chi connectivity index (χ1v) is 10.5. The third-order valence-electron chi connectivity index (χ3n) is 4.29. The van der Waals surface area contributed by atoms with Crippen molar-refractivity contribution in [1.29, 1.82) is 0 Å². The molecule has 1 unspecified atom stereocenters. The van der Waals surface area contributed by atoms with E-state index in [9.17, 15) is 22.0 Å². The third kappa shape index (κ3) is 4.20. The van der Waals surface area contributed by atoms with Gasteiger partial charge in [0.15, 0.2) is 11.6 Å². The molecular formula is C18H18ClF2N3O4S. The predicted molar refractivity (Wildman–Crippen MR) is 104 cm³/mol. The van der Waals surface area contributed by atoms with E-state index in [1.165, 1.54) is 17.6 Å². The molecule has 1 amide bonds. The summed E-state index contributed by atoms with van der Waals surface area (Å²) in [6, 6.07) is 2.08. The number of halogens is 3. The number of amides is 1. The van der Waals surface area contributed by atoms with Crippen molar-refractivity contribution in [3.05, 3.63) is 52.3 Å². The molecule has 1 atom stereocenters. The molecule has 1 aromatic heterocycles. The molecule has 0 bridgehead atoms. The Kier molecular flexibility index (Phi) is 6.08. The molecule has 7 nitrogen and oxygen atoms in total. The zero-order valence-corrected chi connectivity index (χ0v) is 16.8. The van der Waals surface area contributed by atoms with E-state index in [0.29, 0.717) is 13.0 Å². The van der Waals surface area contributed by atoms with Gasteiger partial charge in [-0.2, -0.15) is 0 Å². The van der Waals surface area contributed by atoms with Crippen LogP contribution in [0.1, 0.15) is 29.5 Å². The number of hydrogen-bond acceptors (Lipinski definition) is 4. The van der Waals surface area contributed by atoms with Gasteiger partial charge in [0.2, 0.25) is 10.0 Å². The molecule has 11 heteroatoms. The fourth-order valence-corrected chi connectivity index (χ4v) is 5.08. The fraction of sp³-hybridized carbons (Fsp3) is 0.278. The lowest BCUT2D eigenvalue weighted by molar-refractivity contribution is 0.101. The van der Waals surface area contributed by atoms with Crippen molar-refractivity contribution >= 4 is 39.3 Å². The minimum Gasteiger partial charge on any atom is -0.395 e. The molecule has 3 N–H and O–H groups in total. The number of aliphatic hydroxyl groups is 1. The Morgan fingerprint density at radius 3 is 2.72 bits per heavy atom. The Morgan fingerprint density at radius 2 is 2.07 bits per heavy atom. The van der Waals surface area contributed by atoms with Gasteiger partial charge in [0, 0.05) is 24.3 Å². The zero-order valence-electron chi connectivity index (χ0n) is 15.2. The summed E-state index contributed by atoms with van der Waals surface area (Å²) in [5.41, 5.74) is 0.0883. The lowest BCUT2D eigenvalue weighted by atomic mass is 10.2. The van der Waals surface area contributed by atoms with Gasteiger partial charge in [-0.05, 0) is 31.6 Å². The maximum absolute atomic E-state index is 13.4. The number of aromatic nitrogens is 1. The molecule has 1 aliphatic heterocycles. The molecule has 29 heavy (non-hydrogen) atoms. The molecule has 0 saturated carbocycles. The van der Waals surface area contributed by atoms with E-state index in [1.807, 2.05) is 0 Å². The van der Waals surface area contributed by atoms with Crippen molar-refractivity contribution < 1.29 is 27.1 Å². The van der Waals surface area contributed by atoms with Crippen LogP contribution in [-0.4, -0.2) is 36.6 Å². The van der Waals surface area contributed by atoms with Crippen molar-refractivity contribution in [2.45, 2.75) is 30.8 Å². The van der Waals surface area contributed by atoms with E-state index < -0.39 is 40.2 Å². The van der Waals surface area contributed by atoms with Gasteiger partial charge in [-0.15, -0.1) is 0 Å². The van der Waals surface area contributed by atoms with Crippen LogP contribution in [0.2, 0.25) is 5.02 Å². The second-order valence-corrected chi connectivity index (χ2v) is 8.54. The Labute approximate surface area is 171 Å². The number of allylic oxidation sites excluding steroid dienone is 1. The molecule has 1 aromatic carbocycles. The minimum atomic E-state index is -4.15. The van der Waals surface area contributed by atoms with Crippen LogP contribution in [0.3, 0.4) is 0 Å². The number of sulfonamides is 1. The van der Waals surface area contributed by atoms with E-state index in [1.54, 1.807) is 12.2 Å². The fourth-order valence-electron chi connectivity index (χ4n) is 2.98. The van der Waals surface area contributed by atoms with E-state index in [4.69, 9.17) is 16.7 Å². The first-order chi connectivity index (χ1) is 13.7. The molecule has 3 rings (SSSR count). The van der Waals surface area contributed by atoms with Crippen molar-refractivity contribution in [2.24, 2.45) is 0 Å². The van der Waals surface area contributed by atoms with Crippen LogP contribution >= 0.6 is 11.6 Å². The third-order valence-corrected chi connectivity index (χ3v) is 6.43. The number of fused-ring (bicyclic) bond motifs is 1. The number of carbonyl (C=O) groups is 1. The Hall–Kier alpha value is -2.27. The summed E-state index contributed by atoms with van der Waals surface area (Å²) in [7, 11) is -4.15. The standard InChI is InChI=1S/C18H18ClF2N3O4S/c1-10(9-25)23-29(27,28)17-14-4-2-3-7-24(14)16(15(17)19)18(26)22-11-5-6-12(20)13(21)8-11/h2,4-6,8,10,23,25H,3,7,9H2,1H3,(H,22,26). The quantitative estimate of drug-likeness (QED) is 0.636. The summed E-state index contributed by atoms with van der Waals surface area (Å²) in [5, 5.41) is 11.3. The summed E-state index contributed by atoms with van der Waals surface area (Å²) in [6.45, 7) is 1.35. The van der Waals surface area contributed by atoms with E-state index in [0.717, 1.165) is 12.1 Å². The molecule has 1 aliphatic rings. The van der Waals surface area contributed by atoms with Crippen LogP contribution in [0.4, 0.5) is 14.5 Å². The van der Waals surface area contributed by atoms with Gasteiger partial charge < -0.3 is 15.0 Å². The highest BCUT2D eigenvalue weighted by molar-refractivity contribution is 7.89. The molecule has 0 saturated heterocycles. The SMILES string of the molecule is CC(CO)NS(=O)(=O)c1c(Cl)c(C(=O)Nc2ccc(F)c(F)c2)n2c1C=CCC2. The number of rotatable bonds is 6. The van der Waals surface area contributed by atoms with Gasteiger partial charge in [0.25, 0.3) is 5.91 Å². The van der Waals surface area contributed by atoms with Gasteiger partial charge in [0.1, 0.15) is 10.6 Å². The average Bonchev–Trinajstić information content (AvgIpc) is 2.96. The maximum Gasteiger partial charge on any atom is 0.273 e. The van der Waals surface area contributed by atoms with E-state index >= 15 is 0 Å². The molecule has 0 radical (unpaired) electrons. The van der Waals surface area contributed by atoms with Crippen molar-refractivity contribution in [3.63, 3.8) is 0 Å². The second-order valence-electron chi connectivity index (χ2n) is 6.51. The Morgan fingerprint density at radius 1 is 1.34 bits per heavy atom. The van der Waals surface area contributed by atoms with Crippen LogP contribution < -0.4 is 10.0 Å². The maximum atomic E-state index is 13.4. The van der Waals surface area contributed by atoms with E-state index in [2.05, 4.69) is 10.0 Å². The molecule has 0 fully saturated rings. The molecule has 0 spiro atoms. The highest BCUT2D eigenvalue weighted by Gasteiger charge is 2.33. The van der Waals surface area contributed by atoms with Crippen LogP contribution in [0.5, 0.6) is 0 Å². The highest BCUT2D eigenvalue weighted by atomic mass is 35.5. The van der Waals surface area contributed by atoms with Crippen LogP contribution in [-0.2, 0) is 16.6 Å². The number of hydrogen-bond donors (Lipinski definition) is 3. The zero-order chi connectivity index (χ0) is 21.3. The number of anilines is 1. The molecule has 156 valence electrons. The Balaban J connectivity index is 2.06. The van der Waals surface area contributed by atoms with Gasteiger partial charge in [-0.25, -0.2) is 21.9 Å². The number of aliphatic hydroxyl groups excluding tert-OH is 1. The number of nitrogens with one attached hydrogen (secondary N) is 2. The van der Waals surface area contributed by atoms with Crippen molar-refractivity contribution in [3.8, 4) is 0 Å². The minimum absolute atomic E-state index is 0.0108. The predicted octanol–water partition coefficient (Wildman–Crippen LogP) is 2.75. The number of carbonyl (C=O) groups excluding carboxylic acids is 1. The van der Waals surface area contributed by atoms with Crippen LogP contribution in [0.15, 0.2) is 29.2 Å². The van der Waals surface area contributed by atoms with Crippen LogP contribution in [0.25, 0.3) is 6.08 Å². The molecular weight excluding hydrogens is 428 g/mol.